The third-order valence-electron chi connectivity index (χ3n) is 5.00. The Morgan fingerprint density at radius 2 is 1.53 bits per heavy atom. The van der Waals surface area contributed by atoms with Crippen LogP contribution in [0.4, 0.5) is 5.69 Å². The maximum Gasteiger partial charge on any atom is 0.203 e. The second-order valence-electron chi connectivity index (χ2n) is 7.08. The van der Waals surface area contributed by atoms with Crippen LogP contribution in [0, 0.1) is 0 Å². The molecule has 0 amide bonds. The van der Waals surface area contributed by atoms with Gasteiger partial charge in [-0.2, -0.15) is 0 Å². The molecule has 0 unspecified atom stereocenters. The van der Waals surface area contributed by atoms with Crippen LogP contribution >= 0.6 is 0 Å². The average Bonchev–Trinajstić information content (AvgIpc) is 2.82. The summed E-state index contributed by atoms with van der Waals surface area (Å²) in [5.41, 5.74) is 10.0. The number of carbonyl (C=O) groups is 1. The summed E-state index contributed by atoms with van der Waals surface area (Å²) in [6, 6.07) is 18.8. The lowest BCUT2D eigenvalue weighted by Gasteiger charge is -2.13. The van der Waals surface area contributed by atoms with Crippen molar-refractivity contribution in [1.82, 2.24) is 0 Å². The van der Waals surface area contributed by atoms with Crippen molar-refractivity contribution in [3.8, 4) is 17.2 Å². The number of nitrogens with two attached hydrogens (primary N) is 1. The highest BCUT2D eigenvalue weighted by atomic mass is 16.5. The highest BCUT2D eigenvalue weighted by Crippen LogP contribution is 2.38. The topological polar surface area (TPSA) is 70.8 Å². The molecular formula is C27H27NO4. The summed E-state index contributed by atoms with van der Waals surface area (Å²) in [6.07, 6.45) is 8.14. The van der Waals surface area contributed by atoms with Crippen LogP contribution in [0.5, 0.6) is 17.2 Å². The normalized spacial score (nSPS) is 11.1. The van der Waals surface area contributed by atoms with Crippen molar-refractivity contribution in [2.45, 2.75) is 6.42 Å². The average molecular weight is 430 g/mol. The van der Waals surface area contributed by atoms with E-state index in [1.54, 1.807) is 51.7 Å². The Balaban J connectivity index is 1.77. The number of carbonyl (C=O) groups excluding carboxylic acids is 1. The van der Waals surface area contributed by atoms with E-state index in [1.165, 1.54) is 0 Å². The van der Waals surface area contributed by atoms with Crippen LogP contribution in [0.3, 0.4) is 0 Å². The molecule has 0 aromatic heterocycles. The molecule has 3 aromatic rings. The third kappa shape index (κ3) is 5.58. The minimum Gasteiger partial charge on any atom is -0.493 e. The van der Waals surface area contributed by atoms with E-state index in [2.05, 4.69) is 0 Å². The summed E-state index contributed by atoms with van der Waals surface area (Å²) in [7, 11) is 4.77. The van der Waals surface area contributed by atoms with Crippen LogP contribution in [-0.2, 0) is 6.42 Å². The lowest BCUT2D eigenvalue weighted by molar-refractivity contribution is 0.104. The summed E-state index contributed by atoms with van der Waals surface area (Å²) < 4.78 is 16.2. The molecule has 0 aliphatic carbocycles. The second kappa shape index (κ2) is 10.9. The Hall–Kier alpha value is -3.99. The van der Waals surface area contributed by atoms with Crippen molar-refractivity contribution < 1.29 is 19.0 Å². The molecule has 0 atom stereocenters. The number of hydrogen-bond acceptors (Lipinski definition) is 5. The van der Waals surface area contributed by atoms with Gasteiger partial charge in [0.15, 0.2) is 17.3 Å². The summed E-state index contributed by atoms with van der Waals surface area (Å²) in [6.45, 7) is 0. The molecule has 2 N–H and O–H groups in total. The van der Waals surface area contributed by atoms with Crippen LogP contribution in [0.25, 0.3) is 12.2 Å². The van der Waals surface area contributed by atoms with Crippen LogP contribution in [0.15, 0.2) is 72.8 Å². The zero-order valence-electron chi connectivity index (χ0n) is 18.5. The summed E-state index contributed by atoms with van der Waals surface area (Å²) in [5.74, 6) is 1.71. The first kappa shape index (κ1) is 22.7. The zero-order valence-corrected chi connectivity index (χ0v) is 18.5. The summed E-state index contributed by atoms with van der Waals surface area (Å²) >= 11 is 0. The number of benzene rings is 3. The van der Waals surface area contributed by atoms with Gasteiger partial charge in [-0.15, -0.1) is 0 Å². The number of nitrogen functional groups attached to an aromatic ring is 1. The highest BCUT2D eigenvalue weighted by molar-refractivity contribution is 6.04. The van der Waals surface area contributed by atoms with Gasteiger partial charge in [0.25, 0.3) is 0 Å². The Kier molecular flexibility index (Phi) is 7.70. The fourth-order valence-corrected chi connectivity index (χ4v) is 3.30. The lowest BCUT2D eigenvalue weighted by atomic mass is 10.0. The van der Waals surface area contributed by atoms with E-state index >= 15 is 0 Å². The molecule has 164 valence electrons. The molecule has 3 aromatic carbocycles. The van der Waals surface area contributed by atoms with E-state index in [0.29, 0.717) is 34.9 Å². The molecule has 0 saturated carbocycles. The van der Waals surface area contributed by atoms with Gasteiger partial charge >= 0.3 is 0 Å². The van der Waals surface area contributed by atoms with Crippen molar-refractivity contribution in [2.75, 3.05) is 27.1 Å². The number of anilines is 1. The van der Waals surface area contributed by atoms with E-state index in [1.807, 2.05) is 54.6 Å². The maximum absolute atomic E-state index is 12.3. The van der Waals surface area contributed by atoms with Crippen LogP contribution < -0.4 is 19.9 Å². The van der Waals surface area contributed by atoms with Crippen molar-refractivity contribution in [3.05, 3.63) is 95.1 Å². The fourth-order valence-electron chi connectivity index (χ4n) is 3.30. The van der Waals surface area contributed by atoms with Crippen molar-refractivity contribution in [3.63, 3.8) is 0 Å². The Morgan fingerprint density at radius 1 is 0.875 bits per heavy atom. The summed E-state index contributed by atoms with van der Waals surface area (Å²) in [5, 5.41) is 0. The zero-order chi connectivity index (χ0) is 22.9. The molecular weight excluding hydrogens is 402 g/mol. The van der Waals surface area contributed by atoms with Crippen LogP contribution in [0.2, 0.25) is 0 Å². The molecule has 3 rings (SSSR count). The van der Waals surface area contributed by atoms with Crippen LogP contribution in [-0.4, -0.2) is 27.1 Å². The van der Waals surface area contributed by atoms with Gasteiger partial charge < -0.3 is 19.9 Å². The Labute approximate surface area is 188 Å². The molecule has 0 spiro atoms. The van der Waals surface area contributed by atoms with Crippen molar-refractivity contribution in [1.29, 1.82) is 0 Å². The predicted octanol–water partition coefficient (Wildman–Crippen LogP) is 5.45. The number of ether oxygens (including phenoxy) is 3. The number of rotatable bonds is 9. The van der Waals surface area contributed by atoms with Gasteiger partial charge in [0.1, 0.15) is 0 Å². The van der Waals surface area contributed by atoms with E-state index in [4.69, 9.17) is 19.9 Å². The van der Waals surface area contributed by atoms with Crippen molar-refractivity contribution >= 4 is 23.6 Å². The van der Waals surface area contributed by atoms with Gasteiger partial charge in [0, 0.05) is 11.3 Å². The molecule has 5 nitrogen and oxygen atoms in total. The van der Waals surface area contributed by atoms with Gasteiger partial charge in [-0.05, 0) is 65.6 Å². The first-order chi connectivity index (χ1) is 15.5. The van der Waals surface area contributed by atoms with Gasteiger partial charge in [-0.3, -0.25) is 4.79 Å². The lowest BCUT2D eigenvalue weighted by Crippen LogP contribution is -1.96. The molecule has 32 heavy (non-hydrogen) atoms. The molecule has 0 heterocycles. The predicted molar refractivity (Wildman–Crippen MR) is 129 cm³/mol. The standard InChI is InChI=1S/C27H27NO4/c1-30-25-17-19(18-26(31-2)27(25)32-3)11-12-21-8-5-4-7-20(21)9-6-10-24(29)22-13-15-23(28)16-14-22/h4-8,10-18H,9,28H2,1-3H3/b10-6-,12-11-. The third-order valence-corrected chi connectivity index (χ3v) is 5.00. The number of hydrogen-bond donors (Lipinski definition) is 1. The molecule has 0 bridgehead atoms. The van der Waals surface area contributed by atoms with Gasteiger partial charge in [0.05, 0.1) is 21.3 Å². The highest BCUT2D eigenvalue weighted by Gasteiger charge is 2.12. The van der Waals surface area contributed by atoms with E-state index in [0.717, 1.165) is 16.7 Å². The Morgan fingerprint density at radius 3 is 2.16 bits per heavy atom. The first-order valence-corrected chi connectivity index (χ1v) is 10.2. The molecule has 0 saturated heterocycles. The second-order valence-corrected chi connectivity index (χ2v) is 7.08. The van der Waals surface area contributed by atoms with Gasteiger partial charge in [-0.1, -0.05) is 42.5 Å². The summed E-state index contributed by atoms with van der Waals surface area (Å²) in [4.78, 5) is 12.3. The molecule has 0 radical (unpaired) electrons. The minimum absolute atomic E-state index is 0.0459. The quantitative estimate of drug-likeness (QED) is 0.212. The number of allylic oxidation sites excluding steroid dienone is 2. The fraction of sp³-hybridized carbons (Fsp3) is 0.148. The van der Waals surface area contributed by atoms with Gasteiger partial charge in [0.2, 0.25) is 5.75 Å². The molecule has 0 fully saturated rings. The first-order valence-electron chi connectivity index (χ1n) is 10.2. The molecule has 5 heteroatoms. The number of ketones is 1. The largest absolute Gasteiger partial charge is 0.493 e. The Bertz CT molecular complexity index is 1110. The molecule has 0 aliphatic heterocycles. The van der Waals surface area contributed by atoms with Gasteiger partial charge in [-0.25, -0.2) is 0 Å². The SMILES string of the molecule is COc1cc(/C=C\c2ccccc2C/C=C\C(=O)c2ccc(N)cc2)cc(OC)c1OC. The monoisotopic (exact) mass is 429 g/mol. The number of methoxy groups -OCH3 is 3. The van der Waals surface area contributed by atoms with E-state index < -0.39 is 0 Å². The maximum atomic E-state index is 12.3. The van der Waals surface area contributed by atoms with E-state index in [-0.39, 0.29) is 5.78 Å². The molecule has 0 aliphatic rings. The minimum atomic E-state index is -0.0459. The van der Waals surface area contributed by atoms with Crippen LogP contribution in [0.1, 0.15) is 27.0 Å². The van der Waals surface area contributed by atoms with Crippen molar-refractivity contribution in [2.24, 2.45) is 0 Å². The van der Waals surface area contributed by atoms with E-state index in [9.17, 15) is 4.79 Å². The smallest absolute Gasteiger partial charge is 0.203 e.